The Labute approximate surface area is 123 Å². The zero-order valence-corrected chi connectivity index (χ0v) is 12.3. The van der Waals surface area contributed by atoms with Crippen LogP contribution in [0.3, 0.4) is 0 Å². The number of nitrogens with one attached hydrogen (secondary N) is 1. The molecule has 1 atom stereocenters. The smallest absolute Gasteiger partial charge is 0.260 e. The first kappa shape index (κ1) is 14.9. The molecule has 1 fully saturated rings. The fourth-order valence-electron chi connectivity index (χ4n) is 2.25. The third-order valence-corrected chi connectivity index (χ3v) is 3.66. The quantitative estimate of drug-likeness (QED) is 0.891. The number of halogens is 3. The van der Waals surface area contributed by atoms with Crippen LogP contribution in [0.15, 0.2) is 16.6 Å². The molecule has 0 radical (unpaired) electrons. The highest BCUT2D eigenvalue weighted by Gasteiger charge is 2.34. The van der Waals surface area contributed by atoms with Crippen molar-refractivity contribution in [3.63, 3.8) is 0 Å². The standard InChI is InChI=1S/C13H13BrF2N2O2/c1-2-10-12(19)17-3-4-18(10)13(20)11-8(15)5-7(14)6-9(11)16/h5-6,10H,2-4H2,1H3,(H,17,19). The summed E-state index contributed by atoms with van der Waals surface area (Å²) in [6.45, 7) is 2.25. The highest BCUT2D eigenvalue weighted by Crippen LogP contribution is 2.22. The molecule has 20 heavy (non-hydrogen) atoms. The molecule has 0 aromatic heterocycles. The van der Waals surface area contributed by atoms with Gasteiger partial charge >= 0.3 is 0 Å². The first-order valence-electron chi connectivity index (χ1n) is 6.19. The molecule has 2 amide bonds. The van der Waals surface area contributed by atoms with Gasteiger partial charge in [-0.15, -0.1) is 0 Å². The largest absolute Gasteiger partial charge is 0.353 e. The van der Waals surface area contributed by atoms with Crippen molar-refractivity contribution in [2.75, 3.05) is 13.1 Å². The molecule has 0 saturated carbocycles. The SMILES string of the molecule is CCC1C(=O)NCCN1C(=O)c1c(F)cc(Br)cc1F. The van der Waals surface area contributed by atoms with E-state index in [1.807, 2.05) is 0 Å². The van der Waals surface area contributed by atoms with E-state index >= 15 is 0 Å². The van der Waals surface area contributed by atoms with E-state index in [4.69, 9.17) is 0 Å². The van der Waals surface area contributed by atoms with Crippen molar-refractivity contribution in [1.82, 2.24) is 10.2 Å². The number of benzene rings is 1. The minimum absolute atomic E-state index is 0.215. The van der Waals surface area contributed by atoms with Crippen LogP contribution < -0.4 is 5.32 Å². The van der Waals surface area contributed by atoms with Crippen molar-refractivity contribution in [3.8, 4) is 0 Å². The van der Waals surface area contributed by atoms with Crippen LogP contribution in [0.25, 0.3) is 0 Å². The number of amides is 2. The molecular formula is C13H13BrF2N2O2. The fourth-order valence-corrected chi connectivity index (χ4v) is 2.66. The van der Waals surface area contributed by atoms with Gasteiger partial charge in [0, 0.05) is 17.6 Å². The summed E-state index contributed by atoms with van der Waals surface area (Å²) < 4.78 is 27.9. The average Bonchev–Trinajstić information content (AvgIpc) is 2.37. The Morgan fingerprint density at radius 2 is 2.05 bits per heavy atom. The number of piperazine rings is 1. The lowest BCUT2D eigenvalue weighted by atomic mass is 10.1. The van der Waals surface area contributed by atoms with Crippen molar-refractivity contribution < 1.29 is 18.4 Å². The fraction of sp³-hybridized carbons (Fsp3) is 0.385. The summed E-state index contributed by atoms with van der Waals surface area (Å²) in [5, 5.41) is 2.63. The highest BCUT2D eigenvalue weighted by atomic mass is 79.9. The van der Waals surface area contributed by atoms with Gasteiger partial charge in [-0.2, -0.15) is 0 Å². The summed E-state index contributed by atoms with van der Waals surface area (Å²) in [7, 11) is 0. The average molecular weight is 347 g/mol. The van der Waals surface area contributed by atoms with E-state index in [0.717, 1.165) is 12.1 Å². The molecule has 1 aromatic rings. The van der Waals surface area contributed by atoms with Crippen molar-refractivity contribution in [2.45, 2.75) is 19.4 Å². The predicted octanol–water partition coefficient (Wildman–Crippen LogP) is 2.08. The predicted molar refractivity (Wildman–Crippen MR) is 72.2 cm³/mol. The van der Waals surface area contributed by atoms with Crippen LogP contribution in [0.1, 0.15) is 23.7 Å². The Morgan fingerprint density at radius 1 is 1.45 bits per heavy atom. The summed E-state index contributed by atoms with van der Waals surface area (Å²) in [5.74, 6) is -2.98. The molecular weight excluding hydrogens is 334 g/mol. The van der Waals surface area contributed by atoms with Crippen molar-refractivity contribution in [1.29, 1.82) is 0 Å². The van der Waals surface area contributed by atoms with E-state index in [1.54, 1.807) is 6.92 Å². The monoisotopic (exact) mass is 346 g/mol. The molecule has 1 unspecified atom stereocenters. The van der Waals surface area contributed by atoms with Crippen LogP contribution in [0.4, 0.5) is 8.78 Å². The number of hydrogen-bond acceptors (Lipinski definition) is 2. The second kappa shape index (κ2) is 5.87. The Kier molecular flexibility index (Phi) is 4.37. The van der Waals surface area contributed by atoms with E-state index in [1.165, 1.54) is 4.90 Å². The van der Waals surface area contributed by atoms with Crippen LogP contribution in [0, 0.1) is 11.6 Å². The molecule has 2 rings (SSSR count). The molecule has 4 nitrogen and oxygen atoms in total. The topological polar surface area (TPSA) is 49.4 Å². The van der Waals surface area contributed by atoms with E-state index < -0.39 is 29.1 Å². The van der Waals surface area contributed by atoms with E-state index in [2.05, 4.69) is 21.2 Å². The number of rotatable bonds is 2. The Morgan fingerprint density at radius 3 is 2.60 bits per heavy atom. The van der Waals surface area contributed by atoms with Crippen molar-refractivity contribution in [3.05, 3.63) is 33.8 Å². The first-order valence-corrected chi connectivity index (χ1v) is 6.98. The minimum Gasteiger partial charge on any atom is -0.353 e. The highest BCUT2D eigenvalue weighted by molar-refractivity contribution is 9.10. The molecule has 7 heteroatoms. The summed E-state index contributed by atoms with van der Waals surface area (Å²) >= 11 is 2.96. The molecule has 1 N–H and O–H groups in total. The zero-order valence-electron chi connectivity index (χ0n) is 10.8. The first-order chi connectivity index (χ1) is 9.45. The van der Waals surface area contributed by atoms with Gasteiger partial charge in [0.2, 0.25) is 5.91 Å². The second-order valence-electron chi connectivity index (χ2n) is 4.46. The third kappa shape index (κ3) is 2.67. The number of nitrogens with zero attached hydrogens (tertiary/aromatic N) is 1. The number of carbonyl (C=O) groups is 2. The normalized spacial score (nSPS) is 18.9. The summed E-state index contributed by atoms with van der Waals surface area (Å²) in [4.78, 5) is 25.2. The molecule has 0 bridgehead atoms. The van der Waals surface area contributed by atoms with E-state index in [-0.39, 0.29) is 23.5 Å². The summed E-state index contributed by atoms with van der Waals surface area (Å²) in [6, 6.07) is 1.36. The van der Waals surface area contributed by atoms with Crippen LogP contribution in [0.2, 0.25) is 0 Å². The van der Waals surface area contributed by atoms with Gasteiger partial charge < -0.3 is 10.2 Å². The lowest BCUT2D eigenvalue weighted by Gasteiger charge is -2.34. The molecule has 0 aliphatic carbocycles. The molecule has 1 saturated heterocycles. The molecule has 1 heterocycles. The lowest BCUT2D eigenvalue weighted by molar-refractivity contribution is -0.127. The van der Waals surface area contributed by atoms with Gasteiger partial charge in [-0.3, -0.25) is 9.59 Å². The van der Waals surface area contributed by atoms with Gasteiger partial charge in [0.25, 0.3) is 5.91 Å². The summed E-state index contributed by atoms with van der Waals surface area (Å²) in [6.07, 6.45) is 0.386. The molecule has 1 aromatic carbocycles. The zero-order chi connectivity index (χ0) is 14.9. The maximum Gasteiger partial charge on any atom is 0.260 e. The van der Waals surface area contributed by atoms with Gasteiger partial charge in [0.15, 0.2) is 0 Å². The molecule has 1 aliphatic heterocycles. The Hall–Kier alpha value is -1.50. The number of carbonyl (C=O) groups excluding carboxylic acids is 2. The lowest BCUT2D eigenvalue weighted by Crippen LogP contribution is -2.57. The van der Waals surface area contributed by atoms with Gasteiger partial charge in [-0.1, -0.05) is 22.9 Å². The van der Waals surface area contributed by atoms with Crippen LogP contribution in [0.5, 0.6) is 0 Å². The molecule has 0 spiro atoms. The maximum atomic E-state index is 13.8. The van der Waals surface area contributed by atoms with Gasteiger partial charge in [0.05, 0.1) is 0 Å². The molecule has 1 aliphatic rings. The van der Waals surface area contributed by atoms with E-state index in [0.29, 0.717) is 6.42 Å². The van der Waals surface area contributed by atoms with Crippen LogP contribution in [-0.4, -0.2) is 35.8 Å². The maximum absolute atomic E-state index is 13.8. The number of hydrogen-bond donors (Lipinski definition) is 1. The second-order valence-corrected chi connectivity index (χ2v) is 5.37. The van der Waals surface area contributed by atoms with Crippen molar-refractivity contribution >= 4 is 27.7 Å². The Balaban J connectivity index is 2.38. The van der Waals surface area contributed by atoms with Crippen LogP contribution in [-0.2, 0) is 4.79 Å². The Bertz CT molecular complexity index is 542. The van der Waals surface area contributed by atoms with Crippen LogP contribution >= 0.6 is 15.9 Å². The minimum atomic E-state index is -0.942. The van der Waals surface area contributed by atoms with Gasteiger partial charge in [-0.25, -0.2) is 8.78 Å². The van der Waals surface area contributed by atoms with Gasteiger partial charge in [-0.05, 0) is 18.6 Å². The third-order valence-electron chi connectivity index (χ3n) is 3.20. The molecule has 108 valence electrons. The van der Waals surface area contributed by atoms with E-state index in [9.17, 15) is 18.4 Å². The van der Waals surface area contributed by atoms with Gasteiger partial charge in [0.1, 0.15) is 23.2 Å². The van der Waals surface area contributed by atoms with Crippen molar-refractivity contribution in [2.24, 2.45) is 0 Å². The summed E-state index contributed by atoms with van der Waals surface area (Å²) in [5.41, 5.74) is -0.624.